The van der Waals surface area contributed by atoms with E-state index in [4.69, 9.17) is 9.47 Å². The first-order chi connectivity index (χ1) is 7.63. The van der Waals surface area contributed by atoms with Crippen LogP contribution in [0.5, 0.6) is 5.75 Å². The molecule has 0 amide bonds. The van der Waals surface area contributed by atoms with Crippen molar-refractivity contribution in [3.05, 3.63) is 28.2 Å². The minimum Gasteiger partial charge on any atom is -0.496 e. The lowest BCUT2D eigenvalue weighted by Crippen LogP contribution is -2.13. The van der Waals surface area contributed by atoms with Gasteiger partial charge in [-0.25, -0.2) is 0 Å². The molecule has 0 spiro atoms. The fourth-order valence-electron chi connectivity index (χ4n) is 1.58. The van der Waals surface area contributed by atoms with E-state index in [0.29, 0.717) is 6.42 Å². The largest absolute Gasteiger partial charge is 0.496 e. The first-order valence-electron chi connectivity index (χ1n) is 5.05. The highest BCUT2D eigenvalue weighted by Gasteiger charge is 2.19. The highest BCUT2D eigenvalue weighted by Crippen LogP contribution is 2.30. The number of hydrogen-bond acceptors (Lipinski definition) is 3. The smallest absolute Gasteiger partial charge is 0.313 e. The number of methoxy groups -OCH3 is 2. The Bertz CT molecular complexity index is 377. The number of hydrogen-bond donors (Lipinski definition) is 0. The molecule has 0 heterocycles. The summed E-state index contributed by atoms with van der Waals surface area (Å²) in [6, 6.07) is 5.61. The van der Waals surface area contributed by atoms with Gasteiger partial charge in [-0.3, -0.25) is 4.79 Å². The summed E-state index contributed by atoms with van der Waals surface area (Å²) in [6.45, 7) is 1.96. The summed E-state index contributed by atoms with van der Waals surface area (Å²) in [5.41, 5.74) is 0.932. The van der Waals surface area contributed by atoms with E-state index < -0.39 is 0 Å². The topological polar surface area (TPSA) is 35.5 Å². The fourth-order valence-corrected chi connectivity index (χ4v) is 2.14. The molecule has 1 rings (SSSR count). The van der Waals surface area contributed by atoms with Crippen LogP contribution in [0.2, 0.25) is 0 Å². The molecule has 1 unspecified atom stereocenters. The summed E-state index contributed by atoms with van der Waals surface area (Å²) in [6.07, 6.45) is 0.714. The van der Waals surface area contributed by atoms with Gasteiger partial charge in [-0.15, -0.1) is 0 Å². The van der Waals surface area contributed by atoms with Crippen molar-refractivity contribution in [2.45, 2.75) is 19.3 Å². The maximum atomic E-state index is 11.5. The lowest BCUT2D eigenvalue weighted by molar-refractivity contribution is -0.142. The molecule has 0 aliphatic heterocycles. The molecule has 1 aromatic carbocycles. The highest BCUT2D eigenvalue weighted by molar-refractivity contribution is 9.10. The second-order valence-corrected chi connectivity index (χ2v) is 4.23. The summed E-state index contributed by atoms with van der Waals surface area (Å²) in [5, 5.41) is 0. The monoisotopic (exact) mass is 286 g/mol. The Labute approximate surface area is 104 Å². The van der Waals surface area contributed by atoms with Gasteiger partial charge in [0, 0.05) is 0 Å². The van der Waals surface area contributed by atoms with Crippen molar-refractivity contribution < 1.29 is 14.3 Å². The zero-order chi connectivity index (χ0) is 12.1. The Morgan fingerprint density at radius 3 is 2.56 bits per heavy atom. The highest BCUT2D eigenvalue weighted by atomic mass is 79.9. The summed E-state index contributed by atoms with van der Waals surface area (Å²) in [4.78, 5) is 11.5. The van der Waals surface area contributed by atoms with Gasteiger partial charge in [-0.1, -0.05) is 13.0 Å². The molecular formula is C12H15BrO3. The van der Waals surface area contributed by atoms with Crippen molar-refractivity contribution >= 4 is 21.9 Å². The van der Waals surface area contributed by atoms with Gasteiger partial charge in [-0.05, 0) is 40.0 Å². The molecule has 0 bridgehead atoms. The van der Waals surface area contributed by atoms with Crippen LogP contribution in [0.1, 0.15) is 24.8 Å². The summed E-state index contributed by atoms with van der Waals surface area (Å²) < 4.78 is 10.7. The molecular weight excluding hydrogens is 272 g/mol. The molecule has 0 saturated heterocycles. The van der Waals surface area contributed by atoms with E-state index in [-0.39, 0.29) is 11.9 Å². The third kappa shape index (κ3) is 2.76. The molecule has 0 aromatic heterocycles. The van der Waals surface area contributed by atoms with Crippen molar-refractivity contribution in [3.63, 3.8) is 0 Å². The van der Waals surface area contributed by atoms with Gasteiger partial charge in [0.1, 0.15) is 5.75 Å². The standard InChI is InChI=1S/C12H15BrO3/c1-4-9(12(14)16-3)8-5-6-11(15-2)10(13)7-8/h5-7,9H,4H2,1-3H3. The van der Waals surface area contributed by atoms with Crippen LogP contribution < -0.4 is 4.74 Å². The molecule has 0 aliphatic rings. The third-order valence-electron chi connectivity index (χ3n) is 2.47. The van der Waals surface area contributed by atoms with E-state index in [0.717, 1.165) is 15.8 Å². The van der Waals surface area contributed by atoms with Crippen molar-refractivity contribution in [3.8, 4) is 5.75 Å². The van der Waals surface area contributed by atoms with Crippen LogP contribution in [0.4, 0.5) is 0 Å². The molecule has 0 saturated carbocycles. The second kappa shape index (κ2) is 5.89. The predicted molar refractivity (Wildman–Crippen MR) is 65.7 cm³/mol. The van der Waals surface area contributed by atoms with Crippen LogP contribution in [-0.4, -0.2) is 20.2 Å². The molecule has 4 heteroatoms. The Morgan fingerprint density at radius 2 is 2.12 bits per heavy atom. The zero-order valence-electron chi connectivity index (χ0n) is 9.62. The van der Waals surface area contributed by atoms with Crippen LogP contribution in [-0.2, 0) is 9.53 Å². The molecule has 3 nitrogen and oxygen atoms in total. The van der Waals surface area contributed by atoms with Gasteiger partial charge in [0.05, 0.1) is 24.6 Å². The van der Waals surface area contributed by atoms with E-state index in [1.807, 2.05) is 25.1 Å². The van der Waals surface area contributed by atoms with Crippen LogP contribution >= 0.6 is 15.9 Å². The first kappa shape index (κ1) is 13.0. The lowest BCUT2D eigenvalue weighted by atomic mass is 9.97. The first-order valence-corrected chi connectivity index (χ1v) is 5.84. The summed E-state index contributed by atoms with van der Waals surface area (Å²) in [5.74, 6) is 0.329. The maximum Gasteiger partial charge on any atom is 0.313 e. The van der Waals surface area contributed by atoms with Gasteiger partial charge in [0.2, 0.25) is 0 Å². The van der Waals surface area contributed by atoms with Gasteiger partial charge >= 0.3 is 5.97 Å². The van der Waals surface area contributed by atoms with E-state index in [9.17, 15) is 4.79 Å². The van der Waals surface area contributed by atoms with Crippen molar-refractivity contribution in [1.82, 2.24) is 0 Å². The number of esters is 1. The van der Waals surface area contributed by atoms with E-state index in [1.165, 1.54) is 7.11 Å². The Hall–Kier alpha value is -1.03. The molecule has 1 atom stereocenters. The quantitative estimate of drug-likeness (QED) is 0.798. The van der Waals surface area contributed by atoms with Gasteiger partial charge in [-0.2, -0.15) is 0 Å². The van der Waals surface area contributed by atoms with Crippen molar-refractivity contribution in [2.75, 3.05) is 14.2 Å². The molecule has 0 fully saturated rings. The minimum atomic E-state index is -0.216. The van der Waals surface area contributed by atoms with Gasteiger partial charge < -0.3 is 9.47 Å². The Kier molecular flexibility index (Phi) is 4.80. The number of carbonyl (C=O) groups excluding carboxylic acids is 1. The van der Waals surface area contributed by atoms with Crippen LogP contribution in [0.25, 0.3) is 0 Å². The molecule has 88 valence electrons. The molecule has 16 heavy (non-hydrogen) atoms. The second-order valence-electron chi connectivity index (χ2n) is 3.38. The van der Waals surface area contributed by atoms with Crippen LogP contribution in [0.15, 0.2) is 22.7 Å². The third-order valence-corrected chi connectivity index (χ3v) is 3.09. The molecule has 0 N–H and O–H groups in total. The minimum absolute atomic E-state index is 0.209. The average molecular weight is 287 g/mol. The van der Waals surface area contributed by atoms with Gasteiger partial charge in [0.15, 0.2) is 0 Å². The number of halogens is 1. The fraction of sp³-hybridized carbons (Fsp3) is 0.417. The SMILES string of the molecule is CCC(C(=O)OC)c1ccc(OC)c(Br)c1. The van der Waals surface area contributed by atoms with Crippen LogP contribution in [0, 0.1) is 0 Å². The predicted octanol–water partition coefficient (Wildman–Crippen LogP) is 3.12. The van der Waals surface area contributed by atoms with Crippen molar-refractivity contribution in [2.24, 2.45) is 0 Å². The normalized spacial score (nSPS) is 12.0. The van der Waals surface area contributed by atoms with E-state index in [1.54, 1.807) is 7.11 Å². The maximum absolute atomic E-state index is 11.5. The van der Waals surface area contributed by atoms with Crippen molar-refractivity contribution in [1.29, 1.82) is 0 Å². The number of rotatable bonds is 4. The van der Waals surface area contributed by atoms with E-state index in [2.05, 4.69) is 15.9 Å². The summed E-state index contributed by atoms with van der Waals surface area (Å²) in [7, 11) is 3.01. The Balaban J connectivity index is 3.03. The van der Waals surface area contributed by atoms with Gasteiger partial charge in [0.25, 0.3) is 0 Å². The molecule has 1 aromatic rings. The summed E-state index contributed by atoms with van der Waals surface area (Å²) >= 11 is 3.40. The number of ether oxygens (including phenoxy) is 2. The molecule has 0 radical (unpaired) electrons. The zero-order valence-corrected chi connectivity index (χ0v) is 11.2. The number of carbonyl (C=O) groups is 1. The van der Waals surface area contributed by atoms with Crippen LogP contribution in [0.3, 0.4) is 0 Å². The van der Waals surface area contributed by atoms with E-state index >= 15 is 0 Å². The average Bonchev–Trinajstić information content (AvgIpc) is 2.30. The molecule has 0 aliphatic carbocycles. The number of benzene rings is 1. The lowest BCUT2D eigenvalue weighted by Gasteiger charge is -2.14. The Morgan fingerprint density at radius 1 is 1.44 bits per heavy atom.